The van der Waals surface area contributed by atoms with Crippen molar-refractivity contribution in [2.45, 2.75) is 19.4 Å². The van der Waals surface area contributed by atoms with E-state index < -0.39 is 0 Å². The van der Waals surface area contributed by atoms with Crippen LogP contribution in [0.15, 0.2) is 42.5 Å². The van der Waals surface area contributed by atoms with Crippen LogP contribution >= 0.6 is 11.6 Å². The van der Waals surface area contributed by atoms with Gasteiger partial charge in [0, 0.05) is 56.7 Å². The molecule has 1 atom stereocenters. The van der Waals surface area contributed by atoms with Gasteiger partial charge >= 0.3 is 6.03 Å². The Morgan fingerprint density at radius 2 is 1.73 bits per heavy atom. The first-order valence-electron chi connectivity index (χ1n) is 10.3. The van der Waals surface area contributed by atoms with Crippen molar-refractivity contribution in [3.8, 4) is 0 Å². The summed E-state index contributed by atoms with van der Waals surface area (Å²) in [5.74, 6) is -0.138. The quantitative estimate of drug-likeness (QED) is 0.765. The second kappa shape index (κ2) is 8.92. The molecule has 0 aliphatic carbocycles. The van der Waals surface area contributed by atoms with E-state index in [4.69, 9.17) is 11.6 Å². The van der Waals surface area contributed by atoms with Gasteiger partial charge in [0.25, 0.3) is 5.91 Å². The van der Waals surface area contributed by atoms with Crippen molar-refractivity contribution in [2.24, 2.45) is 0 Å². The van der Waals surface area contributed by atoms with Gasteiger partial charge in [-0.15, -0.1) is 0 Å². The molecule has 7 nitrogen and oxygen atoms in total. The minimum absolute atomic E-state index is 0.0502. The van der Waals surface area contributed by atoms with Crippen LogP contribution in [0.25, 0.3) is 0 Å². The van der Waals surface area contributed by atoms with E-state index in [1.165, 1.54) is 5.69 Å². The molecule has 2 saturated heterocycles. The first-order valence-corrected chi connectivity index (χ1v) is 10.7. The molecule has 0 spiro atoms. The maximum absolute atomic E-state index is 12.8. The van der Waals surface area contributed by atoms with E-state index in [9.17, 15) is 9.59 Å². The molecule has 3 amide bonds. The van der Waals surface area contributed by atoms with E-state index in [1.54, 1.807) is 17.0 Å². The molecular weight excluding hydrogens is 402 g/mol. The maximum Gasteiger partial charge on any atom is 0.317 e. The van der Waals surface area contributed by atoms with Gasteiger partial charge in [0.2, 0.25) is 0 Å². The molecule has 1 aromatic carbocycles. The summed E-state index contributed by atoms with van der Waals surface area (Å²) in [4.78, 5) is 35.5. The van der Waals surface area contributed by atoms with Crippen molar-refractivity contribution < 1.29 is 9.59 Å². The van der Waals surface area contributed by atoms with Crippen LogP contribution in [0.2, 0.25) is 5.15 Å². The van der Waals surface area contributed by atoms with Crippen molar-refractivity contribution in [2.75, 3.05) is 44.2 Å². The van der Waals surface area contributed by atoms with Crippen LogP contribution in [0.4, 0.5) is 10.5 Å². The Morgan fingerprint density at radius 3 is 2.43 bits per heavy atom. The third-order valence-corrected chi connectivity index (χ3v) is 6.00. The van der Waals surface area contributed by atoms with Gasteiger partial charge in [-0.1, -0.05) is 29.8 Å². The molecule has 1 unspecified atom stereocenters. The number of urea groups is 1. The second-order valence-corrected chi connectivity index (χ2v) is 8.14. The lowest BCUT2D eigenvalue weighted by atomic mass is 10.2. The zero-order chi connectivity index (χ0) is 21.1. The minimum atomic E-state index is -0.138. The second-order valence-electron chi connectivity index (χ2n) is 7.79. The number of likely N-dealkylation sites (tertiary alicyclic amines) is 1. The number of nitrogens with zero attached hydrogens (tertiary/aromatic N) is 4. The van der Waals surface area contributed by atoms with Crippen LogP contribution in [0.3, 0.4) is 0 Å². The molecule has 0 radical (unpaired) electrons. The number of benzene rings is 1. The number of nitrogens with one attached hydrogen (secondary N) is 1. The van der Waals surface area contributed by atoms with Crippen LogP contribution in [0.1, 0.15) is 22.5 Å². The molecule has 3 heterocycles. The molecule has 8 heteroatoms. The lowest BCUT2D eigenvalue weighted by Gasteiger charge is -2.36. The van der Waals surface area contributed by atoms with Crippen LogP contribution in [0.5, 0.6) is 0 Å². The molecule has 1 aromatic heterocycles. The minimum Gasteiger partial charge on any atom is -0.368 e. The number of halogens is 1. The van der Waals surface area contributed by atoms with E-state index in [-0.39, 0.29) is 23.1 Å². The molecule has 2 aromatic rings. The number of carbonyl (C=O) groups excluding carboxylic acids is 2. The van der Waals surface area contributed by atoms with Gasteiger partial charge in [0.15, 0.2) is 0 Å². The van der Waals surface area contributed by atoms with Crippen LogP contribution in [-0.2, 0) is 0 Å². The molecule has 30 heavy (non-hydrogen) atoms. The molecule has 4 rings (SSSR count). The molecule has 158 valence electrons. The molecular formula is C22H26ClN5O2. The Labute approximate surface area is 181 Å². The smallest absolute Gasteiger partial charge is 0.317 e. The van der Waals surface area contributed by atoms with Crippen molar-refractivity contribution in [3.63, 3.8) is 0 Å². The SMILES string of the molecule is Cc1ccc(C(=O)N2CCC(NC(=O)N3CCN(c4ccccc4)CC3)C2)c(Cl)n1. The van der Waals surface area contributed by atoms with E-state index in [1.807, 2.05) is 30.0 Å². The van der Waals surface area contributed by atoms with Gasteiger partial charge in [0.1, 0.15) is 5.15 Å². The van der Waals surface area contributed by atoms with Gasteiger partial charge in [0.05, 0.1) is 5.56 Å². The zero-order valence-corrected chi connectivity index (χ0v) is 17.8. The number of rotatable bonds is 3. The maximum atomic E-state index is 12.8. The first kappa shape index (κ1) is 20.5. The Hall–Kier alpha value is -2.80. The lowest BCUT2D eigenvalue weighted by Crippen LogP contribution is -2.54. The number of para-hydroxylation sites is 1. The van der Waals surface area contributed by atoms with Gasteiger partial charge in [-0.25, -0.2) is 9.78 Å². The summed E-state index contributed by atoms with van der Waals surface area (Å²) in [7, 11) is 0. The largest absolute Gasteiger partial charge is 0.368 e. The fourth-order valence-electron chi connectivity index (χ4n) is 3.99. The molecule has 0 saturated carbocycles. The monoisotopic (exact) mass is 427 g/mol. The van der Waals surface area contributed by atoms with Crippen molar-refractivity contribution >= 4 is 29.2 Å². The summed E-state index contributed by atoms with van der Waals surface area (Å²) in [5, 5.41) is 3.31. The highest BCUT2D eigenvalue weighted by Gasteiger charge is 2.31. The van der Waals surface area contributed by atoms with Gasteiger partial charge in [-0.3, -0.25) is 4.79 Å². The lowest BCUT2D eigenvalue weighted by molar-refractivity contribution is 0.0788. The molecule has 2 aliphatic heterocycles. The number of anilines is 1. The van der Waals surface area contributed by atoms with E-state index in [0.717, 1.165) is 25.2 Å². The zero-order valence-electron chi connectivity index (χ0n) is 17.1. The fourth-order valence-corrected chi connectivity index (χ4v) is 4.27. The fraction of sp³-hybridized carbons (Fsp3) is 0.409. The highest BCUT2D eigenvalue weighted by molar-refractivity contribution is 6.32. The highest BCUT2D eigenvalue weighted by Crippen LogP contribution is 2.20. The van der Waals surface area contributed by atoms with Gasteiger partial charge in [-0.05, 0) is 37.6 Å². The highest BCUT2D eigenvalue weighted by atomic mass is 35.5. The Kier molecular flexibility index (Phi) is 6.08. The van der Waals surface area contributed by atoms with Crippen molar-refractivity contribution in [1.29, 1.82) is 0 Å². The van der Waals surface area contributed by atoms with E-state index in [0.29, 0.717) is 31.7 Å². The first-order chi connectivity index (χ1) is 14.5. The summed E-state index contributed by atoms with van der Waals surface area (Å²) < 4.78 is 0. The summed E-state index contributed by atoms with van der Waals surface area (Å²) in [6, 6.07) is 13.6. The number of aromatic nitrogens is 1. The number of amides is 3. The van der Waals surface area contributed by atoms with Crippen molar-refractivity contribution in [1.82, 2.24) is 20.1 Å². The third-order valence-electron chi connectivity index (χ3n) is 5.71. The summed E-state index contributed by atoms with van der Waals surface area (Å²) in [5.41, 5.74) is 2.37. The van der Waals surface area contributed by atoms with E-state index in [2.05, 4.69) is 27.3 Å². The molecule has 2 aliphatic rings. The van der Waals surface area contributed by atoms with Crippen LogP contribution in [-0.4, -0.2) is 72.0 Å². The Morgan fingerprint density at radius 1 is 1.00 bits per heavy atom. The number of carbonyl (C=O) groups is 2. The average molecular weight is 428 g/mol. The summed E-state index contributed by atoms with van der Waals surface area (Å²) in [6.45, 7) is 5.90. The van der Waals surface area contributed by atoms with Gasteiger partial charge < -0.3 is 20.0 Å². The molecule has 0 bridgehead atoms. The predicted octanol–water partition coefficient (Wildman–Crippen LogP) is 2.79. The standard InChI is InChI=1S/C22H26ClN5O2/c1-16-7-8-19(20(23)24-16)21(29)28-10-9-17(15-28)25-22(30)27-13-11-26(12-14-27)18-5-3-2-4-6-18/h2-8,17H,9-15H2,1H3,(H,25,30). The number of hydrogen-bond donors (Lipinski definition) is 1. The topological polar surface area (TPSA) is 68.8 Å². The predicted molar refractivity (Wildman–Crippen MR) is 117 cm³/mol. The normalized spacial score (nSPS) is 19.1. The Bertz CT molecular complexity index is 915. The number of aryl methyl sites for hydroxylation is 1. The number of piperazine rings is 1. The van der Waals surface area contributed by atoms with Crippen LogP contribution in [0, 0.1) is 6.92 Å². The number of hydrogen-bond acceptors (Lipinski definition) is 4. The molecule has 1 N–H and O–H groups in total. The summed E-state index contributed by atoms with van der Waals surface area (Å²) in [6.07, 6.45) is 0.734. The third kappa shape index (κ3) is 4.51. The average Bonchev–Trinajstić information content (AvgIpc) is 3.22. The number of pyridine rings is 1. The Balaban J connectivity index is 1.27. The molecule has 2 fully saturated rings. The van der Waals surface area contributed by atoms with Crippen molar-refractivity contribution in [3.05, 3.63) is 58.9 Å². The van der Waals surface area contributed by atoms with Crippen LogP contribution < -0.4 is 10.2 Å². The van der Waals surface area contributed by atoms with E-state index >= 15 is 0 Å². The summed E-state index contributed by atoms with van der Waals surface area (Å²) >= 11 is 6.14. The van der Waals surface area contributed by atoms with Gasteiger partial charge in [-0.2, -0.15) is 0 Å².